The summed E-state index contributed by atoms with van der Waals surface area (Å²) in [5.41, 5.74) is 5.41. The molecule has 1 aliphatic rings. The molecule has 16 heavy (non-hydrogen) atoms. The minimum atomic E-state index is -0.441. The molecule has 0 spiro atoms. The second-order valence-corrected chi connectivity index (χ2v) is 5.02. The van der Waals surface area contributed by atoms with E-state index in [1.54, 1.807) is 6.20 Å². The number of nitrogens with two attached hydrogens (primary N) is 1. The topological polar surface area (TPSA) is 64.2 Å². The van der Waals surface area contributed by atoms with Gasteiger partial charge in [-0.3, -0.25) is 4.79 Å². The summed E-state index contributed by atoms with van der Waals surface area (Å²) in [5, 5.41) is 0. The molecule has 1 aliphatic heterocycles. The zero-order valence-corrected chi connectivity index (χ0v) is 9.81. The summed E-state index contributed by atoms with van der Waals surface area (Å²) >= 11 is 0. The molecule has 0 aliphatic carbocycles. The molecule has 88 valence electrons. The van der Waals surface area contributed by atoms with Crippen molar-refractivity contribution in [2.45, 2.75) is 38.9 Å². The third kappa shape index (κ3) is 2.41. The van der Waals surface area contributed by atoms with E-state index >= 15 is 0 Å². The van der Waals surface area contributed by atoms with Gasteiger partial charge in [-0.05, 0) is 13.8 Å². The number of nitrogens with zero attached hydrogens (tertiary/aromatic N) is 3. The summed E-state index contributed by atoms with van der Waals surface area (Å²) in [5.74, 6) is 1.07. The van der Waals surface area contributed by atoms with Gasteiger partial charge in [-0.2, -0.15) is 0 Å². The lowest BCUT2D eigenvalue weighted by Gasteiger charge is -2.30. The maximum atomic E-state index is 12.0. The molecule has 0 saturated carbocycles. The van der Waals surface area contributed by atoms with Crippen LogP contribution in [-0.4, -0.2) is 32.4 Å². The predicted octanol–water partition coefficient (Wildman–Crippen LogP) is 0.353. The third-order valence-corrected chi connectivity index (χ3v) is 2.70. The van der Waals surface area contributed by atoms with Gasteiger partial charge in [0.2, 0.25) is 5.91 Å². The van der Waals surface area contributed by atoms with E-state index in [1.807, 2.05) is 24.9 Å². The van der Waals surface area contributed by atoms with E-state index in [0.29, 0.717) is 13.0 Å². The summed E-state index contributed by atoms with van der Waals surface area (Å²) in [7, 11) is 0. The van der Waals surface area contributed by atoms with Crippen molar-refractivity contribution in [3.8, 4) is 0 Å². The third-order valence-electron chi connectivity index (χ3n) is 2.70. The fourth-order valence-corrected chi connectivity index (χ4v) is 1.89. The number of aromatic nitrogens is 2. The van der Waals surface area contributed by atoms with Gasteiger partial charge < -0.3 is 15.2 Å². The zero-order valence-electron chi connectivity index (χ0n) is 9.81. The van der Waals surface area contributed by atoms with Crippen LogP contribution in [0.4, 0.5) is 0 Å². The SMILES string of the molecule is CC(C)(N)CC(=O)N1CCn2ccnc2C1. The largest absolute Gasteiger partial charge is 0.333 e. The molecule has 0 fully saturated rings. The lowest BCUT2D eigenvalue weighted by atomic mass is 10.0. The summed E-state index contributed by atoms with van der Waals surface area (Å²) in [4.78, 5) is 18.0. The second-order valence-electron chi connectivity index (χ2n) is 5.02. The maximum absolute atomic E-state index is 12.0. The molecule has 1 aromatic heterocycles. The minimum absolute atomic E-state index is 0.113. The first kappa shape index (κ1) is 11.1. The van der Waals surface area contributed by atoms with Crippen LogP contribution in [0.5, 0.6) is 0 Å². The van der Waals surface area contributed by atoms with Crippen LogP contribution in [0.3, 0.4) is 0 Å². The molecule has 0 unspecified atom stereocenters. The number of rotatable bonds is 2. The van der Waals surface area contributed by atoms with Crippen molar-refractivity contribution in [3.63, 3.8) is 0 Å². The maximum Gasteiger partial charge on any atom is 0.224 e. The average molecular weight is 222 g/mol. The zero-order chi connectivity index (χ0) is 11.8. The average Bonchev–Trinajstić information content (AvgIpc) is 2.61. The normalized spacial score (nSPS) is 16.1. The van der Waals surface area contributed by atoms with E-state index in [9.17, 15) is 4.79 Å². The molecule has 0 bridgehead atoms. The Morgan fingerprint density at radius 2 is 2.31 bits per heavy atom. The van der Waals surface area contributed by atoms with Gasteiger partial charge in [-0.15, -0.1) is 0 Å². The number of fused-ring (bicyclic) bond motifs is 1. The highest BCUT2D eigenvalue weighted by Crippen LogP contribution is 2.14. The highest BCUT2D eigenvalue weighted by molar-refractivity contribution is 5.77. The molecule has 0 aromatic carbocycles. The lowest BCUT2D eigenvalue weighted by Crippen LogP contribution is -2.44. The van der Waals surface area contributed by atoms with Crippen molar-refractivity contribution in [1.29, 1.82) is 0 Å². The molecule has 2 rings (SSSR count). The van der Waals surface area contributed by atoms with Gasteiger partial charge in [0.05, 0.1) is 6.54 Å². The summed E-state index contributed by atoms with van der Waals surface area (Å²) in [6, 6.07) is 0. The quantitative estimate of drug-likeness (QED) is 0.785. The van der Waals surface area contributed by atoms with Crippen LogP contribution in [0.2, 0.25) is 0 Å². The van der Waals surface area contributed by atoms with Crippen molar-refractivity contribution >= 4 is 5.91 Å². The molecule has 0 atom stereocenters. The Labute approximate surface area is 95.2 Å². The van der Waals surface area contributed by atoms with Crippen LogP contribution in [0, 0.1) is 0 Å². The molecular formula is C11H18N4O. The summed E-state index contributed by atoms with van der Waals surface area (Å²) < 4.78 is 2.08. The first-order valence-electron chi connectivity index (χ1n) is 5.52. The predicted molar refractivity (Wildman–Crippen MR) is 60.5 cm³/mol. The van der Waals surface area contributed by atoms with Crippen LogP contribution in [0.25, 0.3) is 0 Å². The molecule has 5 heteroatoms. The molecule has 1 aromatic rings. The molecule has 5 nitrogen and oxygen atoms in total. The van der Waals surface area contributed by atoms with Gasteiger partial charge in [-0.1, -0.05) is 0 Å². The van der Waals surface area contributed by atoms with Gasteiger partial charge in [0, 0.05) is 37.4 Å². The van der Waals surface area contributed by atoms with Gasteiger partial charge in [0.15, 0.2) is 0 Å². The van der Waals surface area contributed by atoms with Crippen molar-refractivity contribution in [1.82, 2.24) is 14.5 Å². The lowest BCUT2D eigenvalue weighted by molar-refractivity contribution is -0.133. The van der Waals surface area contributed by atoms with Crippen LogP contribution >= 0.6 is 0 Å². The van der Waals surface area contributed by atoms with Gasteiger partial charge in [0.1, 0.15) is 5.82 Å². The molecule has 0 saturated heterocycles. The first-order chi connectivity index (χ1) is 7.46. The molecule has 0 radical (unpaired) electrons. The van der Waals surface area contributed by atoms with Crippen molar-refractivity contribution in [2.75, 3.05) is 6.54 Å². The van der Waals surface area contributed by atoms with Crippen LogP contribution in [-0.2, 0) is 17.9 Å². The Kier molecular flexibility index (Phi) is 2.71. The number of carbonyl (C=O) groups excluding carboxylic acids is 1. The van der Waals surface area contributed by atoms with E-state index in [0.717, 1.165) is 18.9 Å². The first-order valence-corrected chi connectivity index (χ1v) is 5.52. The standard InChI is InChI=1S/C11H18N4O/c1-11(2,12)7-10(16)15-6-5-14-4-3-13-9(14)8-15/h3-4H,5-8,12H2,1-2H3. The van der Waals surface area contributed by atoms with Crippen LogP contribution < -0.4 is 5.73 Å². The fraction of sp³-hybridized carbons (Fsp3) is 0.636. The Morgan fingerprint density at radius 3 is 3.00 bits per heavy atom. The van der Waals surface area contributed by atoms with E-state index in [-0.39, 0.29) is 5.91 Å². The van der Waals surface area contributed by atoms with Crippen molar-refractivity contribution < 1.29 is 4.79 Å². The van der Waals surface area contributed by atoms with Gasteiger partial charge in [-0.25, -0.2) is 4.98 Å². The highest BCUT2D eigenvalue weighted by atomic mass is 16.2. The number of hydrogen-bond acceptors (Lipinski definition) is 3. The van der Waals surface area contributed by atoms with E-state index in [4.69, 9.17) is 5.73 Å². The number of carbonyl (C=O) groups is 1. The Bertz CT molecular complexity index is 391. The van der Waals surface area contributed by atoms with E-state index < -0.39 is 5.54 Å². The molecule has 2 N–H and O–H groups in total. The summed E-state index contributed by atoms with van der Waals surface area (Å²) in [6.45, 7) is 5.91. The highest BCUT2D eigenvalue weighted by Gasteiger charge is 2.25. The summed E-state index contributed by atoms with van der Waals surface area (Å²) in [6.07, 6.45) is 4.11. The van der Waals surface area contributed by atoms with E-state index in [1.165, 1.54) is 0 Å². The monoisotopic (exact) mass is 222 g/mol. The van der Waals surface area contributed by atoms with Crippen LogP contribution in [0.15, 0.2) is 12.4 Å². The molecule has 1 amide bonds. The Hall–Kier alpha value is -1.36. The van der Waals surface area contributed by atoms with Gasteiger partial charge >= 0.3 is 0 Å². The smallest absolute Gasteiger partial charge is 0.224 e. The number of hydrogen-bond donors (Lipinski definition) is 1. The Balaban J connectivity index is 2.01. The molecular weight excluding hydrogens is 204 g/mol. The Morgan fingerprint density at radius 1 is 1.56 bits per heavy atom. The van der Waals surface area contributed by atoms with Crippen molar-refractivity contribution in [3.05, 3.63) is 18.2 Å². The number of amides is 1. The van der Waals surface area contributed by atoms with E-state index in [2.05, 4.69) is 9.55 Å². The van der Waals surface area contributed by atoms with Crippen LogP contribution in [0.1, 0.15) is 26.1 Å². The second kappa shape index (κ2) is 3.90. The van der Waals surface area contributed by atoms with Crippen molar-refractivity contribution in [2.24, 2.45) is 5.73 Å². The number of imidazole rings is 1. The molecule has 2 heterocycles. The minimum Gasteiger partial charge on any atom is -0.333 e. The van der Waals surface area contributed by atoms with Gasteiger partial charge in [0.25, 0.3) is 0 Å². The fourth-order valence-electron chi connectivity index (χ4n) is 1.89.